The summed E-state index contributed by atoms with van der Waals surface area (Å²) in [5, 5.41) is 3.25. The van der Waals surface area contributed by atoms with Crippen LogP contribution in [0.15, 0.2) is 0 Å². The lowest BCUT2D eigenvalue weighted by molar-refractivity contribution is -0.0240. The Bertz CT molecular complexity index is 175. The summed E-state index contributed by atoms with van der Waals surface area (Å²) in [6.45, 7) is 8.30. The molecular weight excluding hydrogens is 168 g/mol. The molecule has 0 spiro atoms. The minimum atomic E-state index is -0.431. The Morgan fingerprint density at radius 2 is 1.77 bits per heavy atom. The molecule has 0 aromatic carbocycles. The van der Waals surface area contributed by atoms with E-state index < -0.39 is 5.60 Å². The molecular formula is C9H20N2O2. The van der Waals surface area contributed by atoms with Gasteiger partial charge in [-0.05, 0) is 20.8 Å². The first-order chi connectivity index (χ1) is 5.78. The third-order valence-corrected chi connectivity index (χ3v) is 1.63. The molecule has 0 bridgehead atoms. The highest BCUT2D eigenvalue weighted by molar-refractivity contribution is 5.67. The Kier molecular flexibility index (Phi) is 4.20. The zero-order valence-electron chi connectivity index (χ0n) is 9.42. The predicted octanol–water partition coefficient (Wildman–Crippen LogP) is 1.72. The van der Waals surface area contributed by atoms with Crippen LogP contribution in [0.4, 0.5) is 4.79 Å². The van der Waals surface area contributed by atoms with E-state index in [1.54, 1.807) is 12.1 Å². The van der Waals surface area contributed by atoms with E-state index in [0.717, 1.165) is 6.54 Å². The molecule has 78 valence electrons. The molecule has 0 atom stereocenters. The van der Waals surface area contributed by atoms with Crippen molar-refractivity contribution in [1.29, 1.82) is 0 Å². The standard InChI is InChI=1S/C9H20N2O2/c1-7-10(5)11(6)8(12)13-9(2,3)4/h7H2,1-6H3. The van der Waals surface area contributed by atoms with Crippen LogP contribution in [0.1, 0.15) is 27.7 Å². The minimum Gasteiger partial charge on any atom is -0.443 e. The summed E-state index contributed by atoms with van der Waals surface area (Å²) in [4.78, 5) is 11.4. The lowest BCUT2D eigenvalue weighted by Gasteiger charge is -2.29. The molecule has 0 fully saturated rings. The van der Waals surface area contributed by atoms with Crippen molar-refractivity contribution in [3.8, 4) is 0 Å². The number of nitrogens with zero attached hydrogens (tertiary/aromatic N) is 2. The van der Waals surface area contributed by atoms with Crippen molar-refractivity contribution in [2.45, 2.75) is 33.3 Å². The Morgan fingerprint density at radius 1 is 1.31 bits per heavy atom. The Morgan fingerprint density at radius 3 is 2.08 bits per heavy atom. The maximum absolute atomic E-state index is 11.4. The predicted molar refractivity (Wildman–Crippen MR) is 52.3 cm³/mol. The third-order valence-electron chi connectivity index (χ3n) is 1.63. The molecule has 1 amide bonds. The van der Waals surface area contributed by atoms with E-state index in [1.807, 2.05) is 34.7 Å². The topological polar surface area (TPSA) is 32.8 Å². The molecule has 13 heavy (non-hydrogen) atoms. The van der Waals surface area contributed by atoms with Gasteiger partial charge < -0.3 is 4.74 Å². The molecule has 0 aromatic heterocycles. The molecule has 0 rings (SSSR count). The van der Waals surface area contributed by atoms with Gasteiger partial charge in [-0.25, -0.2) is 14.8 Å². The summed E-state index contributed by atoms with van der Waals surface area (Å²) in [5.41, 5.74) is -0.431. The van der Waals surface area contributed by atoms with Crippen LogP contribution in [0.5, 0.6) is 0 Å². The van der Waals surface area contributed by atoms with Crippen LogP contribution in [0.3, 0.4) is 0 Å². The fourth-order valence-corrected chi connectivity index (χ4v) is 0.680. The summed E-state index contributed by atoms with van der Waals surface area (Å²) in [5.74, 6) is 0. The van der Waals surface area contributed by atoms with E-state index in [0.29, 0.717) is 0 Å². The first kappa shape index (κ1) is 12.2. The van der Waals surface area contributed by atoms with Crippen molar-refractivity contribution >= 4 is 6.09 Å². The molecule has 0 aliphatic heterocycles. The monoisotopic (exact) mass is 188 g/mol. The molecule has 0 saturated carbocycles. The van der Waals surface area contributed by atoms with E-state index in [4.69, 9.17) is 4.74 Å². The van der Waals surface area contributed by atoms with Gasteiger partial charge in [0.1, 0.15) is 5.60 Å². The van der Waals surface area contributed by atoms with Crippen LogP contribution >= 0.6 is 0 Å². The molecule has 0 unspecified atom stereocenters. The number of carbonyl (C=O) groups is 1. The SMILES string of the molecule is CCN(C)N(C)C(=O)OC(C)(C)C. The van der Waals surface area contributed by atoms with Crippen molar-refractivity contribution in [3.63, 3.8) is 0 Å². The normalized spacial score (nSPS) is 11.6. The third kappa shape index (κ3) is 4.72. The van der Waals surface area contributed by atoms with Crippen LogP contribution in [-0.2, 0) is 4.74 Å². The highest BCUT2D eigenvalue weighted by Crippen LogP contribution is 2.09. The zero-order valence-corrected chi connectivity index (χ0v) is 9.42. The van der Waals surface area contributed by atoms with E-state index in [2.05, 4.69) is 0 Å². The first-order valence-electron chi connectivity index (χ1n) is 4.45. The van der Waals surface area contributed by atoms with Gasteiger partial charge in [0.05, 0.1) is 0 Å². The second-order valence-electron chi connectivity index (χ2n) is 3.98. The van der Waals surface area contributed by atoms with Crippen molar-refractivity contribution < 1.29 is 9.53 Å². The van der Waals surface area contributed by atoms with Crippen molar-refractivity contribution in [1.82, 2.24) is 10.0 Å². The molecule has 0 aliphatic rings. The molecule has 0 aliphatic carbocycles. The highest BCUT2D eigenvalue weighted by atomic mass is 16.6. The van der Waals surface area contributed by atoms with E-state index in [9.17, 15) is 4.79 Å². The summed E-state index contributed by atoms with van der Waals surface area (Å²) < 4.78 is 5.17. The molecule has 0 radical (unpaired) electrons. The molecule has 4 heteroatoms. The fourth-order valence-electron chi connectivity index (χ4n) is 0.680. The summed E-state index contributed by atoms with van der Waals surface area (Å²) >= 11 is 0. The second kappa shape index (κ2) is 4.46. The highest BCUT2D eigenvalue weighted by Gasteiger charge is 2.21. The van der Waals surface area contributed by atoms with Gasteiger partial charge in [0.15, 0.2) is 0 Å². The molecule has 0 aromatic rings. The number of rotatable bonds is 2. The molecule has 4 nitrogen and oxygen atoms in total. The number of hydrogen-bond acceptors (Lipinski definition) is 3. The number of amides is 1. The van der Waals surface area contributed by atoms with Gasteiger partial charge in [0.2, 0.25) is 0 Å². The van der Waals surface area contributed by atoms with Gasteiger partial charge in [-0.2, -0.15) is 0 Å². The number of hydrazine groups is 1. The van der Waals surface area contributed by atoms with Gasteiger partial charge in [-0.3, -0.25) is 0 Å². The Hall–Kier alpha value is -0.770. The quantitative estimate of drug-likeness (QED) is 0.618. The lowest BCUT2D eigenvalue weighted by Crippen LogP contribution is -2.43. The lowest BCUT2D eigenvalue weighted by atomic mass is 10.2. The fraction of sp³-hybridized carbons (Fsp3) is 0.889. The van der Waals surface area contributed by atoms with Crippen molar-refractivity contribution in [3.05, 3.63) is 0 Å². The Labute approximate surface area is 80.4 Å². The van der Waals surface area contributed by atoms with Crippen LogP contribution in [0.25, 0.3) is 0 Å². The van der Waals surface area contributed by atoms with E-state index in [-0.39, 0.29) is 6.09 Å². The Balaban J connectivity index is 4.12. The number of carbonyl (C=O) groups excluding carboxylic acids is 1. The van der Waals surface area contributed by atoms with Crippen LogP contribution < -0.4 is 0 Å². The largest absolute Gasteiger partial charge is 0.443 e. The van der Waals surface area contributed by atoms with Gasteiger partial charge in [-0.15, -0.1) is 0 Å². The average Bonchev–Trinajstić information content (AvgIpc) is 1.98. The van der Waals surface area contributed by atoms with Crippen molar-refractivity contribution in [2.75, 3.05) is 20.6 Å². The van der Waals surface area contributed by atoms with Gasteiger partial charge in [0, 0.05) is 20.6 Å². The van der Waals surface area contributed by atoms with Gasteiger partial charge in [0.25, 0.3) is 0 Å². The molecule has 0 saturated heterocycles. The second-order valence-corrected chi connectivity index (χ2v) is 3.98. The van der Waals surface area contributed by atoms with E-state index in [1.165, 1.54) is 5.01 Å². The van der Waals surface area contributed by atoms with Gasteiger partial charge >= 0.3 is 6.09 Å². The van der Waals surface area contributed by atoms with Crippen LogP contribution in [0.2, 0.25) is 0 Å². The molecule has 0 N–H and O–H groups in total. The summed E-state index contributed by atoms with van der Waals surface area (Å²) in [6, 6.07) is 0. The van der Waals surface area contributed by atoms with Gasteiger partial charge in [-0.1, -0.05) is 6.92 Å². The zero-order chi connectivity index (χ0) is 10.6. The van der Waals surface area contributed by atoms with Crippen LogP contribution in [0, 0.1) is 0 Å². The maximum Gasteiger partial charge on any atom is 0.424 e. The first-order valence-corrected chi connectivity index (χ1v) is 4.45. The van der Waals surface area contributed by atoms with E-state index >= 15 is 0 Å². The number of hydrogen-bond donors (Lipinski definition) is 0. The molecule has 0 heterocycles. The maximum atomic E-state index is 11.4. The summed E-state index contributed by atoms with van der Waals surface area (Å²) in [6.07, 6.45) is -0.322. The van der Waals surface area contributed by atoms with Crippen molar-refractivity contribution in [2.24, 2.45) is 0 Å². The average molecular weight is 188 g/mol. The summed E-state index contributed by atoms with van der Waals surface area (Å²) in [7, 11) is 3.53. The van der Waals surface area contributed by atoms with Crippen LogP contribution in [-0.4, -0.2) is 42.4 Å². The minimum absolute atomic E-state index is 0.322. The smallest absolute Gasteiger partial charge is 0.424 e. The number of ether oxygens (including phenoxy) is 1.